The van der Waals surface area contributed by atoms with Crippen LogP contribution in [-0.4, -0.2) is 25.7 Å². The number of urea groups is 1. The fourth-order valence-electron chi connectivity index (χ4n) is 2.09. The van der Waals surface area contributed by atoms with Gasteiger partial charge >= 0.3 is 12.0 Å². The molecule has 2 rings (SSSR count). The Morgan fingerprint density at radius 3 is 2.74 bits per heavy atom. The predicted octanol–water partition coefficient (Wildman–Crippen LogP) is 3.35. The summed E-state index contributed by atoms with van der Waals surface area (Å²) in [5.74, 6) is -1.46. The first-order chi connectivity index (χ1) is 11.0. The van der Waals surface area contributed by atoms with Crippen LogP contribution in [0.3, 0.4) is 0 Å². The molecule has 0 aliphatic carbocycles. The van der Waals surface area contributed by atoms with Crippen molar-refractivity contribution < 1.29 is 18.7 Å². The second kappa shape index (κ2) is 7.73. The molecule has 0 aliphatic rings. The number of ether oxygens (including phenoxy) is 1. The Hall–Kier alpha value is -2.41. The van der Waals surface area contributed by atoms with Crippen molar-refractivity contribution in [3.63, 3.8) is 0 Å². The lowest BCUT2D eigenvalue weighted by atomic mass is 10.1. The molecule has 0 saturated carbocycles. The van der Waals surface area contributed by atoms with E-state index in [0.717, 1.165) is 18.1 Å². The lowest BCUT2D eigenvalue weighted by Crippen LogP contribution is -2.30. The molecule has 2 amide bonds. The maximum atomic E-state index is 13.7. The summed E-state index contributed by atoms with van der Waals surface area (Å²) in [6, 6.07) is 4.12. The van der Waals surface area contributed by atoms with Gasteiger partial charge in [-0.1, -0.05) is 0 Å². The van der Waals surface area contributed by atoms with Gasteiger partial charge in [0, 0.05) is 12.2 Å². The molecule has 5 nitrogen and oxygen atoms in total. The van der Waals surface area contributed by atoms with E-state index in [1.165, 1.54) is 13.2 Å². The van der Waals surface area contributed by atoms with Crippen LogP contribution in [0, 0.1) is 12.7 Å². The van der Waals surface area contributed by atoms with Gasteiger partial charge in [-0.25, -0.2) is 14.0 Å². The molecule has 7 heteroatoms. The average molecular weight is 336 g/mol. The fourth-order valence-corrected chi connectivity index (χ4v) is 2.79. The molecular weight excluding hydrogens is 319 g/mol. The number of amides is 2. The van der Waals surface area contributed by atoms with Gasteiger partial charge in [0.25, 0.3) is 0 Å². The van der Waals surface area contributed by atoms with Crippen LogP contribution in [0.2, 0.25) is 0 Å². The molecule has 23 heavy (non-hydrogen) atoms. The van der Waals surface area contributed by atoms with Crippen LogP contribution in [0.15, 0.2) is 29.0 Å². The van der Waals surface area contributed by atoms with Gasteiger partial charge in [0.15, 0.2) is 0 Å². The van der Waals surface area contributed by atoms with E-state index >= 15 is 0 Å². The summed E-state index contributed by atoms with van der Waals surface area (Å²) in [5.41, 5.74) is 1.66. The van der Waals surface area contributed by atoms with Crippen molar-refractivity contribution in [2.24, 2.45) is 0 Å². The Morgan fingerprint density at radius 2 is 2.09 bits per heavy atom. The van der Waals surface area contributed by atoms with Gasteiger partial charge < -0.3 is 15.4 Å². The average Bonchev–Trinajstić information content (AvgIpc) is 3.03. The zero-order valence-corrected chi connectivity index (χ0v) is 13.6. The first kappa shape index (κ1) is 17.0. The number of halogens is 1. The van der Waals surface area contributed by atoms with Gasteiger partial charge in [-0.15, -0.1) is 0 Å². The molecule has 0 fully saturated rings. The Balaban J connectivity index is 1.99. The topological polar surface area (TPSA) is 67.4 Å². The Kier molecular flexibility index (Phi) is 5.70. The second-order valence-electron chi connectivity index (χ2n) is 4.85. The Bertz CT molecular complexity index is 702. The summed E-state index contributed by atoms with van der Waals surface area (Å²) in [6.45, 7) is 2.03. The minimum Gasteiger partial charge on any atom is -0.465 e. The van der Waals surface area contributed by atoms with E-state index in [0.29, 0.717) is 17.8 Å². The minimum absolute atomic E-state index is 0.177. The predicted molar refractivity (Wildman–Crippen MR) is 87.5 cm³/mol. The molecule has 0 radical (unpaired) electrons. The molecule has 2 aromatic rings. The van der Waals surface area contributed by atoms with Crippen LogP contribution in [0.4, 0.5) is 14.9 Å². The van der Waals surface area contributed by atoms with E-state index < -0.39 is 17.8 Å². The number of carbonyl (C=O) groups is 2. The SMILES string of the molecule is COC(=O)c1c(F)ccc(NC(=O)NCCc2ccsc2)c1C. The number of anilines is 1. The molecule has 0 unspecified atom stereocenters. The number of hydrogen-bond acceptors (Lipinski definition) is 4. The van der Waals surface area contributed by atoms with E-state index in [1.54, 1.807) is 18.3 Å². The highest BCUT2D eigenvalue weighted by atomic mass is 32.1. The summed E-state index contributed by atoms with van der Waals surface area (Å²) in [6.07, 6.45) is 0.729. The number of benzene rings is 1. The van der Waals surface area contributed by atoms with Crippen molar-refractivity contribution >= 4 is 29.0 Å². The number of esters is 1. The molecule has 0 atom stereocenters. The number of hydrogen-bond donors (Lipinski definition) is 2. The monoisotopic (exact) mass is 336 g/mol. The minimum atomic E-state index is -0.776. The second-order valence-corrected chi connectivity index (χ2v) is 5.63. The maximum Gasteiger partial charge on any atom is 0.341 e. The van der Waals surface area contributed by atoms with Crippen molar-refractivity contribution in [3.8, 4) is 0 Å². The van der Waals surface area contributed by atoms with Crippen LogP contribution >= 0.6 is 11.3 Å². The molecule has 1 aromatic carbocycles. The van der Waals surface area contributed by atoms with E-state index in [9.17, 15) is 14.0 Å². The van der Waals surface area contributed by atoms with Crippen molar-refractivity contribution in [3.05, 3.63) is 51.5 Å². The third-order valence-corrected chi connectivity index (χ3v) is 4.06. The largest absolute Gasteiger partial charge is 0.465 e. The normalized spacial score (nSPS) is 10.2. The van der Waals surface area contributed by atoms with Crippen LogP contribution < -0.4 is 10.6 Å². The molecule has 2 N–H and O–H groups in total. The van der Waals surface area contributed by atoms with Crippen molar-refractivity contribution in [2.75, 3.05) is 19.0 Å². The molecule has 1 aromatic heterocycles. The molecule has 0 saturated heterocycles. The van der Waals surface area contributed by atoms with Crippen molar-refractivity contribution in [1.29, 1.82) is 0 Å². The summed E-state index contributed by atoms with van der Waals surface area (Å²) in [5, 5.41) is 9.33. The highest BCUT2D eigenvalue weighted by molar-refractivity contribution is 7.07. The molecular formula is C16H17FN2O3S. The number of thiophene rings is 1. The van der Waals surface area contributed by atoms with Crippen molar-refractivity contribution in [1.82, 2.24) is 5.32 Å². The number of carbonyl (C=O) groups excluding carboxylic acids is 2. The third kappa shape index (κ3) is 4.29. The summed E-state index contributed by atoms with van der Waals surface area (Å²) < 4.78 is 18.3. The van der Waals surface area contributed by atoms with Crippen LogP contribution in [0.5, 0.6) is 0 Å². The molecule has 0 aliphatic heterocycles. The lowest BCUT2D eigenvalue weighted by Gasteiger charge is -2.13. The third-order valence-electron chi connectivity index (χ3n) is 3.33. The molecule has 122 valence electrons. The highest BCUT2D eigenvalue weighted by Gasteiger charge is 2.18. The Labute approximate surface area is 137 Å². The van der Waals surface area contributed by atoms with Gasteiger partial charge in [0.2, 0.25) is 0 Å². The number of nitrogens with one attached hydrogen (secondary N) is 2. The van der Waals surface area contributed by atoms with Gasteiger partial charge in [-0.3, -0.25) is 0 Å². The summed E-state index contributed by atoms with van der Waals surface area (Å²) in [7, 11) is 1.18. The molecule has 0 bridgehead atoms. The summed E-state index contributed by atoms with van der Waals surface area (Å²) in [4.78, 5) is 23.5. The maximum absolute atomic E-state index is 13.7. The molecule has 0 spiro atoms. The van der Waals surface area contributed by atoms with E-state index in [1.807, 2.05) is 16.8 Å². The molecule has 1 heterocycles. The zero-order chi connectivity index (χ0) is 16.8. The smallest absolute Gasteiger partial charge is 0.341 e. The summed E-state index contributed by atoms with van der Waals surface area (Å²) >= 11 is 1.60. The van der Waals surface area contributed by atoms with E-state index in [2.05, 4.69) is 15.4 Å². The van der Waals surface area contributed by atoms with Crippen LogP contribution in [-0.2, 0) is 11.2 Å². The van der Waals surface area contributed by atoms with Gasteiger partial charge in [-0.05, 0) is 53.4 Å². The fraction of sp³-hybridized carbons (Fsp3) is 0.250. The van der Waals surface area contributed by atoms with E-state index in [-0.39, 0.29) is 5.56 Å². The van der Waals surface area contributed by atoms with Crippen LogP contribution in [0.25, 0.3) is 0 Å². The zero-order valence-electron chi connectivity index (χ0n) is 12.8. The standard InChI is InChI=1S/C16H17FN2O3S/c1-10-13(4-3-12(17)14(10)15(20)22-2)19-16(21)18-7-5-11-6-8-23-9-11/h3-4,6,8-9H,5,7H2,1-2H3,(H2,18,19,21). The Morgan fingerprint density at radius 1 is 1.30 bits per heavy atom. The van der Waals surface area contributed by atoms with Gasteiger partial charge in [-0.2, -0.15) is 11.3 Å². The van der Waals surface area contributed by atoms with Gasteiger partial charge in [0.1, 0.15) is 11.4 Å². The van der Waals surface area contributed by atoms with E-state index in [4.69, 9.17) is 0 Å². The number of methoxy groups -OCH3 is 1. The lowest BCUT2D eigenvalue weighted by molar-refractivity contribution is 0.0594. The number of rotatable bonds is 5. The van der Waals surface area contributed by atoms with Gasteiger partial charge in [0.05, 0.1) is 7.11 Å². The van der Waals surface area contributed by atoms with Crippen LogP contribution in [0.1, 0.15) is 21.5 Å². The first-order valence-electron chi connectivity index (χ1n) is 6.96. The highest BCUT2D eigenvalue weighted by Crippen LogP contribution is 2.22. The van der Waals surface area contributed by atoms with Crippen molar-refractivity contribution in [2.45, 2.75) is 13.3 Å². The first-order valence-corrected chi connectivity index (χ1v) is 7.90. The quantitative estimate of drug-likeness (QED) is 0.823.